The van der Waals surface area contributed by atoms with E-state index in [2.05, 4.69) is 4.98 Å². The molecule has 2 aromatic heterocycles. The van der Waals surface area contributed by atoms with E-state index in [-0.39, 0.29) is 31.1 Å². The summed E-state index contributed by atoms with van der Waals surface area (Å²) < 4.78 is 31.7. The van der Waals surface area contributed by atoms with Gasteiger partial charge in [0.2, 0.25) is 15.6 Å². The summed E-state index contributed by atoms with van der Waals surface area (Å²) in [4.78, 5) is 42.2. The van der Waals surface area contributed by atoms with E-state index in [4.69, 9.17) is 4.42 Å². The van der Waals surface area contributed by atoms with Gasteiger partial charge in [0.25, 0.3) is 11.6 Å². The maximum atomic E-state index is 13.4. The Kier molecular flexibility index (Phi) is 7.14. The molecule has 3 heterocycles. The highest BCUT2D eigenvalue weighted by atomic mass is 32.2. The van der Waals surface area contributed by atoms with E-state index in [0.29, 0.717) is 16.9 Å². The summed E-state index contributed by atoms with van der Waals surface area (Å²) in [7, 11) is -4.14. The normalized spacial score (nSPS) is 18.6. The predicted octanol–water partition coefficient (Wildman–Crippen LogP) is 4.78. The minimum atomic E-state index is -4.14. The fourth-order valence-corrected chi connectivity index (χ4v) is 7.29. The molecule has 2 aromatic carbocycles. The first-order valence-electron chi connectivity index (χ1n) is 12.5. The molecule has 0 bridgehead atoms. The Morgan fingerprint density at radius 1 is 1.07 bits per heavy atom. The highest BCUT2D eigenvalue weighted by molar-refractivity contribution is 7.93. The number of carbonyl (C=O) groups excluding carboxylic acids is 2. The third-order valence-corrected chi connectivity index (χ3v) is 10.2. The van der Waals surface area contributed by atoms with E-state index in [1.807, 2.05) is 32.9 Å². The number of anilines is 1. The fourth-order valence-electron chi connectivity index (χ4n) is 4.74. The Bertz CT molecular complexity index is 1720. The summed E-state index contributed by atoms with van der Waals surface area (Å²) in [5.41, 5.74) is 1.12. The second-order valence-corrected chi connectivity index (χ2v) is 13.7. The topological polar surface area (TPSA) is 161 Å². The van der Waals surface area contributed by atoms with Crippen LogP contribution in [0.25, 0.3) is 0 Å². The largest absolute Gasteiger partial charge is 0.467 e. The van der Waals surface area contributed by atoms with Gasteiger partial charge in [-0.1, -0.05) is 56.4 Å². The van der Waals surface area contributed by atoms with Gasteiger partial charge in [0.05, 0.1) is 34.2 Å². The van der Waals surface area contributed by atoms with Crippen LogP contribution in [0.15, 0.2) is 86.6 Å². The summed E-state index contributed by atoms with van der Waals surface area (Å²) in [6.45, 7) is 6.13. The second kappa shape index (κ2) is 10.3. The zero-order chi connectivity index (χ0) is 29.7. The summed E-state index contributed by atoms with van der Waals surface area (Å²) in [6, 6.07) is 13.7. The van der Waals surface area contributed by atoms with Gasteiger partial charge in [-0.15, -0.1) is 0 Å². The molecular formula is C28H25N3O8S2. The highest BCUT2D eigenvalue weighted by Crippen LogP contribution is 2.47. The third kappa shape index (κ3) is 5.07. The number of nitro benzene ring substituents is 1. The molecule has 1 fully saturated rings. The molecule has 212 valence electrons. The van der Waals surface area contributed by atoms with E-state index in [1.165, 1.54) is 12.3 Å². The molecule has 1 N–H and O–H groups in total. The molecule has 0 unspecified atom stereocenters. The maximum absolute atomic E-state index is 13.4. The molecule has 0 spiro atoms. The number of furan rings is 1. The van der Waals surface area contributed by atoms with Gasteiger partial charge in [0, 0.05) is 12.1 Å². The first-order valence-corrected chi connectivity index (χ1v) is 14.8. The monoisotopic (exact) mass is 595 g/mol. The van der Waals surface area contributed by atoms with Crippen LogP contribution in [0.1, 0.15) is 49.8 Å². The molecule has 0 saturated carbocycles. The van der Waals surface area contributed by atoms with Crippen LogP contribution in [0.2, 0.25) is 0 Å². The number of nitro groups is 1. The molecule has 3 atom stereocenters. The number of rotatable bonds is 7. The summed E-state index contributed by atoms with van der Waals surface area (Å²) in [5.74, 6) is -2.96. The Hall–Kier alpha value is -4.20. The number of non-ortho nitro benzene ring substituents is 1. The number of sulfone groups is 1. The van der Waals surface area contributed by atoms with Crippen molar-refractivity contribution in [2.24, 2.45) is 5.92 Å². The van der Waals surface area contributed by atoms with Crippen LogP contribution in [-0.4, -0.2) is 35.1 Å². The Morgan fingerprint density at radius 3 is 2.29 bits per heavy atom. The summed E-state index contributed by atoms with van der Waals surface area (Å²) >= 11 is 0.680. The van der Waals surface area contributed by atoms with Gasteiger partial charge in [0.15, 0.2) is 5.13 Å². The van der Waals surface area contributed by atoms with Crippen LogP contribution in [0.3, 0.4) is 0 Å². The number of Topliss-reactive ketones (excluding diaryl/α,β-unsaturated/α-hetero) is 1. The SMILES string of the molecule is CC(C)(C)c1ccc([C@@H]2[C@@H]([C@H](O)c3ccco3)C(=O)C(=O)N2c2ncc(S(=O)(=O)c3ccc([N+](=O)[O-])cc3)s2)cc1. The lowest BCUT2D eigenvalue weighted by atomic mass is 9.83. The zero-order valence-electron chi connectivity index (χ0n) is 22.1. The average molecular weight is 596 g/mol. The first-order chi connectivity index (χ1) is 19.3. The summed E-state index contributed by atoms with van der Waals surface area (Å²) in [6.07, 6.45) is 0.966. The molecule has 1 saturated heterocycles. The van der Waals surface area contributed by atoms with Crippen LogP contribution in [0.4, 0.5) is 10.8 Å². The Labute approximate surface area is 239 Å². The van der Waals surface area contributed by atoms with Gasteiger partial charge in [-0.05, 0) is 40.8 Å². The predicted molar refractivity (Wildman–Crippen MR) is 148 cm³/mol. The molecule has 1 aliphatic rings. The van der Waals surface area contributed by atoms with Crippen molar-refractivity contribution in [3.8, 4) is 0 Å². The van der Waals surface area contributed by atoms with Crippen LogP contribution in [0, 0.1) is 16.0 Å². The number of ketones is 1. The number of benzene rings is 2. The Balaban J connectivity index is 1.57. The standard InChI is InChI=1S/C28H25N3O8S2/c1-28(2,3)17-8-6-16(7-9-17)23-22(24(32)20-5-4-14-39-20)25(33)26(34)30(23)27-29-15-21(40-27)41(37,38)19-12-10-18(11-13-19)31(35)36/h4-15,22-24,32H,1-3H3/t22-,23+,24+/m0/s1. The summed E-state index contributed by atoms with van der Waals surface area (Å²) in [5, 5.41) is 22.1. The van der Waals surface area contributed by atoms with E-state index in [1.54, 1.807) is 18.2 Å². The van der Waals surface area contributed by atoms with Gasteiger partial charge in [0.1, 0.15) is 16.1 Å². The van der Waals surface area contributed by atoms with E-state index < -0.39 is 44.5 Å². The van der Waals surface area contributed by atoms with Gasteiger partial charge in [-0.25, -0.2) is 13.4 Å². The van der Waals surface area contributed by atoms with Crippen molar-refractivity contribution in [3.63, 3.8) is 0 Å². The minimum Gasteiger partial charge on any atom is -0.467 e. The first kappa shape index (κ1) is 28.3. The number of carbonyl (C=O) groups is 2. The lowest BCUT2D eigenvalue weighted by Gasteiger charge is -2.28. The molecule has 1 aliphatic heterocycles. The number of aromatic nitrogens is 1. The molecule has 11 nitrogen and oxygen atoms in total. The van der Waals surface area contributed by atoms with Gasteiger partial charge >= 0.3 is 0 Å². The lowest BCUT2D eigenvalue weighted by Crippen LogP contribution is -2.30. The van der Waals surface area contributed by atoms with Crippen molar-refractivity contribution >= 4 is 43.7 Å². The van der Waals surface area contributed by atoms with Gasteiger partial charge < -0.3 is 9.52 Å². The number of aliphatic hydroxyl groups excluding tert-OH is 1. The quantitative estimate of drug-likeness (QED) is 0.180. The number of amides is 1. The van der Waals surface area contributed by atoms with Crippen LogP contribution in [-0.2, 0) is 24.8 Å². The van der Waals surface area contributed by atoms with Crippen molar-refractivity contribution in [1.29, 1.82) is 0 Å². The molecule has 5 rings (SSSR count). The second-order valence-electron chi connectivity index (χ2n) is 10.6. The molecule has 41 heavy (non-hydrogen) atoms. The van der Waals surface area contributed by atoms with Crippen molar-refractivity contribution < 1.29 is 32.5 Å². The van der Waals surface area contributed by atoms with E-state index in [9.17, 15) is 33.2 Å². The molecule has 0 radical (unpaired) electrons. The fraction of sp³-hybridized carbons (Fsp3) is 0.250. The van der Waals surface area contributed by atoms with Crippen LogP contribution < -0.4 is 4.90 Å². The van der Waals surface area contributed by atoms with Gasteiger partial charge in [-0.2, -0.15) is 0 Å². The minimum absolute atomic E-state index is 0.0529. The van der Waals surface area contributed by atoms with Crippen molar-refractivity contribution in [1.82, 2.24) is 4.98 Å². The molecule has 4 aromatic rings. The van der Waals surface area contributed by atoms with Crippen LogP contribution in [0.5, 0.6) is 0 Å². The van der Waals surface area contributed by atoms with Crippen molar-refractivity contribution in [3.05, 3.63) is 100 Å². The van der Waals surface area contributed by atoms with Crippen LogP contribution >= 0.6 is 11.3 Å². The zero-order valence-corrected chi connectivity index (χ0v) is 23.8. The molecule has 13 heteroatoms. The van der Waals surface area contributed by atoms with Gasteiger partial charge in [-0.3, -0.25) is 24.6 Å². The Morgan fingerprint density at radius 2 is 1.73 bits per heavy atom. The van der Waals surface area contributed by atoms with Crippen molar-refractivity contribution in [2.75, 3.05) is 4.90 Å². The van der Waals surface area contributed by atoms with E-state index in [0.717, 1.165) is 40.9 Å². The molecule has 0 aliphatic carbocycles. The smallest absolute Gasteiger partial charge is 0.297 e. The van der Waals surface area contributed by atoms with E-state index >= 15 is 0 Å². The van der Waals surface area contributed by atoms with Crippen molar-refractivity contribution in [2.45, 2.75) is 47.4 Å². The molecule has 1 amide bonds. The molecular weight excluding hydrogens is 570 g/mol. The lowest BCUT2D eigenvalue weighted by molar-refractivity contribution is -0.384. The number of aliphatic hydroxyl groups is 1. The highest BCUT2D eigenvalue weighted by Gasteiger charge is 2.53. The average Bonchev–Trinajstić information content (AvgIpc) is 3.69. The number of thiazole rings is 1. The maximum Gasteiger partial charge on any atom is 0.297 e. The number of nitrogens with zero attached hydrogens (tertiary/aromatic N) is 3. The number of hydrogen-bond acceptors (Lipinski definition) is 10. The number of hydrogen-bond donors (Lipinski definition) is 1. The third-order valence-electron chi connectivity index (χ3n) is 6.94.